The summed E-state index contributed by atoms with van der Waals surface area (Å²) in [6.07, 6.45) is 0. The quantitative estimate of drug-likeness (QED) is 0.750. The number of urea groups is 1. The van der Waals surface area contributed by atoms with Gasteiger partial charge in [0.2, 0.25) is 0 Å². The first-order chi connectivity index (χ1) is 9.67. The molecule has 0 atom stereocenters. The molecule has 0 saturated carbocycles. The summed E-state index contributed by atoms with van der Waals surface area (Å²) >= 11 is 0. The van der Waals surface area contributed by atoms with Crippen molar-refractivity contribution in [3.63, 3.8) is 0 Å². The lowest BCUT2D eigenvalue weighted by Gasteiger charge is -2.10. The van der Waals surface area contributed by atoms with Crippen molar-refractivity contribution in [1.29, 1.82) is 5.26 Å². The molecule has 0 aliphatic carbocycles. The number of nitrogens with zero attached hydrogens (tertiary/aromatic N) is 1. The molecule has 5 nitrogen and oxygen atoms in total. The Bertz CT molecular complexity index is 649. The molecule has 2 amide bonds. The fourth-order valence-corrected chi connectivity index (χ4v) is 1.49. The van der Waals surface area contributed by atoms with Gasteiger partial charge in [-0.05, 0) is 42.5 Å². The predicted octanol–water partition coefficient (Wildman–Crippen LogP) is 2.85. The van der Waals surface area contributed by atoms with Gasteiger partial charge in [-0.1, -0.05) is 6.07 Å². The topological polar surface area (TPSA) is 77.0 Å². The zero-order valence-electron chi connectivity index (χ0n) is 10.4. The molecule has 0 aromatic heterocycles. The molecular formula is C14H11FN4O. The zero-order chi connectivity index (χ0) is 14.4. The van der Waals surface area contributed by atoms with E-state index < -0.39 is 6.03 Å². The van der Waals surface area contributed by atoms with Crippen LogP contribution >= 0.6 is 0 Å². The van der Waals surface area contributed by atoms with Crippen LogP contribution in [0.2, 0.25) is 0 Å². The number of nitrogens with one attached hydrogen (secondary N) is 3. The first kappa shape index (κ1) is 13.4. The van der Waals surface area contributed by atoms with Gasteiger partial charge in [0, 0.05) is 5.69 Å². The van der Waals surface area contributed by atoms with E-state index in [-0.39, 0.29) is 5.82 Å². The SMILES string of the molecule is N#Cc1cccc(NNC(=O)Nc2ccc(F)cc2)c1. The summed E-state index contributed by atoms with van der Waals surface area (Å²) in [5.74, 6) is -0.373. The number of amides is 2. The highest BCUT2D eigenvalue weighted by Gasteiger charge is 2.01. The van der Waals surface area contributed by atoms with Crippen molar-refractivity contribution in [2.24, 2.45) is 0 Å². The normalized spacial score (nSPS) is 9.40. The van der Waals surface area contributed by atoms with Crippen LogP contribution in [0.1, 0.15) is 5.56 Å². The van der Waals surface area contributed by atoms with Gasteiger partial charge >= 0.3 is 6.03 Å². The van der Waals surface area contributed by atoms with E-state index in [0.29, 0.717) is 16.9 Å². The smallest absolute Gasteiger partial charge is 0.307 e. The third-order valence-electron chi connectivity index (χ3n) is 2.41. The van der Waals surface area contributed by atoms with Crippen molar-refractivity contribution >= 4 is 17.4 Å². The molecule has 100 valence electrons. The molecule has 0 heterocycles. The predicted molar refractivity (Wildman–Crippen MR) is 73.3 cm³/mol. The second-order valence-electron chi connectivity index (χ2n) is 3.90. The van der Waals surface area contributed by atoms with Crippen molar-refractivity contribution in [1.82, 2.24) is 5.43 Å². The average Bonchev–Trinajstić information content (AvgIpc) is 2.48. The summed E-state index contributed by atoms with van der Waals surface area (Å²) < 4.78 is 12.7. The van der Waals surface area contributed by atoms with Crippen LogP contribution in [0.3, 0.4) is 0 Å². The third kappa shape index (κ3) is 3.71. The second kappa shape index (κ2) is 6.20. The maximum absolute atomic E-state index is 12.7. The van der Waals surface area contributed by atoms with Crippen LogP contribution in [0.4, 0.5) is 20.6 Å². The summed E-state index contributed by atoms with van der Waals surface area (Å²) in [5.41, 5.74) is 6.61. The van der Waals surface area contributed by atoms with Gasteiger partial charge < -0.3 is 5.32 Å². The molecule has 0 radical (unpaired) electrons. The molecule has 0 aliphatic heterocycles. The van der Waals surface area contributed by atoms with E-state index in [0.717, 1.165) is 0 Å². The minimum absolute atomic E-state index is 0.373. The molecule has 6 heteroatoms. The maximum Gasteiger partial charge on any atom is 0.337 e. The van der Waals surface area contributed by atoms with Crippen molar-refractivity contribution in [2.45, 2.75) is 0 Å². The number of anilines is 2. The summed E-state index contributed by atoms with van der Waals surface area (Å²) in [4.78, 5) is 11.6. The fourth-order valence-electron chi connectivity index (χ4n) is 1.49. The summed E-state index contributed by atoms with van der Waals surface area (Å²) in [7, 11) is 0. The van der Waals surface area contributed by atoms with E-state index in [9.17, 15) is 9.18 Å². The average molecular weight is 270 g/mol. The Kier molecular flexibility index (Phi) is 4.14. The maximum atomic E-state index is 12.7. The summed E-state index contributed by atoms with van der Waals surface area (Å²) in [6, 6.07) is 13.5. The Morgan fingerprint density at radius 2 is 1.85 bits per heavy atom. The molecule has 20 heavy (non-hydrogen) atoms. The monoisotopic (exact) mass is 270 g/mol. The van der Waals surface area contributed by atoms with Gasteiger partial charge in [-0.3, -0.25) is 10.9 Å². The number of halogens is 1. The number of hydrazine groups is 1. The molecule has 0 aliphatic rings. The molecule has 0 unspecified atom stereocenters. The zero-order valence-corrected chi connectivity index (χ0v) is 10.4. The lowest BCUT2D eigenvalue weighted by Crippen LogP contribution is -2.33. The number of hydrogen-bond donors (Lipinski definition) is 3. The van der Waals surface area contributed by atoms with E-state index in [1.54, 1.807) is 24.3 Å². The molecule has 0 fully saturated rings. The van der Waals surface area contributed by atoms with Crippen molar-refractivity contribution in [2.75, 3.05) is 10.7 Å². The summed E-state index contributed by atoms with van der Waals surface area (Å²) in [6.45, 7) is 0. The second-order valence-corrected chi connectivity index (χ2v) is 3.90. The molecule has 2 aromatic rings. The first-order valence-corrected chi connectivity index (χ1v) is 5.76. The van der Waals surface area contributed by atoms with Crippen LogP contribution < -0.4 is 16.2 Å². The molecule has 3 N–H and O–H groups in total. The molecule has 2 rings (SSSR count). The van der Waals surface area contributed by atoms with E-state index >= 15 is 0 Å². The van der Waals surface area contributed by atoms with Crippen LogP contribution in [0.5, 0.6) is 0 Å². The molecule has 0 bridgehead atoms. The number of carbonyl (C=O) groups is 1. The van der Waals surface area contributed by atoms with E-state index in [1.165, 1.54) is 24.3 Å². The Balaban J connectivity index is 1.89. The highest BCUT2D eigenvalue weighted by molar-refractivity contribution is 5.89. The highest BCUT2D eigenvalue weighted by Crippen LogP contribution is 2.09. The minimum Gasteiger partial charge on any atom is -0.307 e. The Morgan fingerprint density at radius 3 is 2.55 bits per heavy atom. The Labute approximate surface area is 115 Å². The van der Waals surface area contributed by atoms with Gasteiger partial charge in [-0.15, -0.1) is 0 Å². The van der Waals surface area contributed by atoms with Crippen molar-refractivity contribution < 1.29 is 9.18 Å². The molecular weight excluding hydrogens is 259 g/mol. The van der Waals surface area contributed by atoms with Gasteiger partial charge in [0.25, 0.3) is 0 Å². The van der Waals surface area contributed by atoms with Gasteiger partial charge in [-0.25, -0.2) is 9.18 Å². The van der Waals surface area contributed by atoms with Crippen LogP contribution in [0, 0.1) is 17.1 Å². The van der Waals surface area contributed by atoms with Crippen LogP contribution in [0.25, 0.3) is 0 Å². The van der Waals surface area contributed by atoms with E-state index in [1.807, 2.05) is 6.07 Å². The first-order valence-electron chi connectivity index (χ1n) is 5.76. The minimum atomic E-state index is -0.501. The van der Waals surface area contributed by atoms with Gasteiger partial charge in [0.1, 0.15) is 5.82 Å². The highest BCUT2D eigenvalue weighted by atomic mass is 19.1. The van der Waals surface area contributed by atoms with Gasteiger partial charge in [0.15, 0.2) is 0 Å². The number of carbonyl (C=O) groups excluding carboxylic acids is 1. The van der Waals surface area contributed by atoms with Crippen LogP contribution in [0.15, 0.2) is 48.5 Å². The lowest BCUT2D eigenvalue weighted by molar-refractivity contribution is 0.254. The van der Waals surface area contributed by atoms with Gasteiger partial charge in [0.05, 0.1) is 17.3 Å². The third-order valence-corrected chi connectivity index (χ3v) is 2.41. The fraction of sp³-hybridized carbons (Fsp3) is 0. The molecule has 2 aromatic carbocycles. The summed E-state index contributed by atoms with van der Waals surface area (Å²) in [5, 5.41) is 11.3. The van der Waals surface area contributed by atoms with Crippen molar-refractivity contribution in [3.05, 3.63) is 59.9 Å². The van der Waals surface area contributed by atoms with Crippen molar-refractivity contribution in [3.8, 4) is 6.07 Å². The number of nitriles is 1. The van der Waals surface area contributed by atoms with Gasteiger partial charge in [-0.2, -0.15) is 5.26 Å². The number of rotatable bonds is 3. The molecule has 0 saturated heterocycles. The Morgan fingerprint density at radius 1 is 1.10 bits per heavy atom. The van der Waals surface area contributed by atoms with Crippen LogP contribution in [-0.2, 0) is 0 Å². The molecule has 0 spiro atoms. The van der Waals surface area contributed by atoms with Crippen LogP contribution in [-0.4, -0.2) is 6.03 Å². The van der Waals surface area contributed by atoms with E-state index in [4.69, 9.17) is 5.26 Å². The van der Waals surface area contributed by atoms with E-state index in [2.05, 4.69) is 16.2 Å². The standard InChI is InChI=1S/C14H11FN4O/c15-11-4-6-12(7-5-11)17-14(20)19-18-13-3-1-2-10(8-13)9-16/h1-8,18H,(H2,17,19,20). The number of benzene rings is 2. The number of hydrogen-bond acceptors (Lipinski definition) is 3. The Hall–Kier alpha value is -3.07. The largest absolute Gasteiger partial charge is 0.337 e. The lowest BCUT2D eigenvalue weighted by atomic mass is 10.2.